The van der Waals surface area contributed by atoms with E-state index < -0.39 is 0 Å². The molecule has 1 aromatic rings. The van der Waals surface area contributed by atoms with E-state index in [1.165, 1.54) is 18.9 Å². The predicted octanol–water partition coefficient (Wildman–Crippen LogP) is 3.92. The van der Waals surface area contributed by atoms with Gasteiger partial charge in [0.1, 0.15) is 0 Å². The van der Waals surface area contributed by atoms with E-state index >= 15 is 0 Å². The highest BCUT2D eigenvalue weighted by Crippen LogP contribution is 2.32. The highest BCUT2D eigenvalue weighted by molar-refractivity contribution is 6.35. The van der Waals surface area contributed by atoms with Gasteiger partial charge in [0.2, 0.25) is 5.91 Å². The molecule has 1 aromatic carbocycles. The molecule has 0 saturated heterocycles. The quantitative estimate of drug-likeness (QED) is 0.834. The van der Waals surface area contributed by atoms with Crippen LogP contribution in [-0.2, 0) is 4.79 Å². The second kappa shape index (κ2) is 5.77. The molecule has 1 aliphatic carbocycles. The summed E-state index contributed by atoms with van der Waals surface area (Å²) in [6.07, 6.45) is 5.64. The fourth-order valence-corrected chi connectivity index (χ4v) is 2.26. The molecule has 0 heterocycles. The Hall–Kier alpha value is -0.990. The minimum absolute atomic E-state index is 0.0829. The molecule has 18 heavy (non-hydrogen) atoms. The van der Waals surface area contributed by atoms with Gasteiger partial charge in [-0.3, -0.25) is 4.79 Å². The Morgan fingerprint density at radius 2 is 2.17 bits per heavy atom. The van der Waals surface area contributed by atoms with Gasteiger partial charge in [0.05, 0.1) is 0 Å². The first kappa shape index (κ1) is 13.4. The van der Waals surface area contributed by atoms with Crippen molar-refractivity contribution in [3.63, 3.8) is 0 Å². The van der Waals surface area contributed by atoms with Crippen molar-refractivity contribution in [2.75, 3.05) is 0 Å². The van der Waals surface area contributed by atoms with Crippen LogP contribution in [0.5, 0.6) is 0 Å². The minimum atomic E-state index is -0.0829. The van der Waals surface area contributed by atoms with Crippen LogP contribution in [0.2, 0.25) is 10.0 Å². The van der Waals surface area contributed by atoms with Gasteiger partial charge >= 0.3 is 0 Å². The summed E-state index contributed by atoms with van der Waals surface area (Å²) in [5.74, 6) is 0.571. The van der Waals surface area contributed by atoms with E-state index in [1.54, 1.807) is 24.3 Å². The van der Waals surface area contributed by atoms with Crippen LogP contribution in [0.3, 0.4) is 0 Å². The molecule has 0 radical (unpaired) electrons. The van der Waals surface area contributed by atoms with Crippen LogP contribution in [0.4, 0.5) is 0 Å². The summed E-state index contributed by atoms with van der Waals surface area (Å²) in [7, 11) is 0. The van der Waals surface area contributed by atoms with Gasteiger partial charge in [-0.2, -0.15) is 0 Å². The van der Waals surface area contributed by atoms with Crippen molar-refractivity contribution < 1.29 is 4.79 Å². The molecule has 1 N–H and O–H groups in total. The molecule has 96 valence electrons. The van der Waals surface area contributed by atoms with Gasteiger partial charge in [-0.1, -0.05) is 29.3 Å². The van der Waals surface area contributed by atoms with E-state index in [2.05, 4.69) is 5.32 Å². The Kier molecular flexibility index (Phi) is 4.31. The lowest BCUT2D eigenvalue weighted by atomic mass is 10.2. The number of carbonyl (C=O) groups excluding carboxylic acids is 1. The fourth-order valence-electron chi connectivity index (χ4n) is 1.79. The molecule has 1 aliphatic rings. The highest BCUT2D eigenvalue weighted by Gasteiger charge is 2.28. The van der Waals surface area contributed by atoms with Gasteiger partial charge in [-0.15, -0.1) is 0 Å². The maximum Gasteiger partial charge on any atom is 0.244 e. The second-order valence-corrected chi connectivity index (χ2v) is 5.48. The molecular formula is C14H15Cl2NO. The van der Waals surface area contributed by atoms with Crippen molar-refractivity contribution in [2.45, 2.75) is 25.8 Å². The summed E-state index contributed by atoms with van der Waals surface area (Å²) >= 11 is 11.8. The smallest absolute Gasteiger partial charge is 0.244 e. The van der Waals surface area contributed by atoms with Crippen molar-refractivity contribution in [3.05, 3.63) is 39.9 Å². The van der Waals surface area contributed by atoms with E-state index in [-0.39, 0.29) is 11.9 Å². The number of rotatable bonds is 4. The summed E-state index contributed by atoms with van der Waals surface area (Å²) in [4.78, 5) is 11.7. The van der Waals surface area contributed by atoms with E-state index in [1.807, 2.05) is 6.92 Å². The van der Waals surface area contributed by atoms with Gasteiger partial charge in [0.15, 0.2) is 0 Å². The first-order valence-corrected chi connectivity index (χ1v) is 6.75. The Balaban J connectivity index is 1.94. The summed E-state index contributed by atoms with van der Waals surface area (Å²) in [5.41, 5.74) is 0.787. The number of carbonyl (C=O) groups is 1. The zero-order valence-electron chi connectivity index (χ0n) is 10.1. The average molecular weight is 284 g/mol. The van der Waals surface area contributed by atoms with E-state index in [4.69, 9.17) is 23.2 Å². The zero-order valence-corrected chi connectivity index (χ0v) is 11.6. The van der Waals surface area contributed by atoms with E-state index in [9.17, 15) is 4.79 Å². The monoisotopic (exact) mass is 283 g/mol. The van der Waals surface area contributed by atoms with Crippen molar-refractivity contribution in [1.29, 1.82) is 0 Å². The van der Waals surface area contributed by atoms with E-state index in [0.717, 1.165) is 5.56 Å². The van der Waals surface area contributed by atoms with Crippen LogP contribution in [0.1, 0.15) is 25.3 Å². The molecule has 1 atom stereocenters. The Labute approximate surface area is 117 Å². The van der Waals surface area contributed by atoms with E-state index in [0.29, 0.717) is 16.0 Å². The molecule has 0 unspecified atom stereocenters. The highest BCUT2D eigenvalue weighted by atomic mass is 35.5. The molecule has 1 saturated carbocycles. The molecule has 4 heteroatoms. The number of hydrogen-bond acceptors (Lipinski definition) is 1. The number of benzene rings is 1. The Morgan fingerprint density at radius 1 is 1.44 bits per heavy atom. The lowest BCUT2D eigenvalue weighted by Gasteiger charge is -2.10. The fraction of sp³-hybridized carbons (Fsp3) is 0.357. The van der Waals surface area contributed by atoms with Crippen molar-refractivity contribution in [2.24, 2.45) is 5.92 Å². The molecule has 0 aromatic heterocycles. The molecule has 2 rings (SSSR count). The first-order chi connectivity index (χ1) is 8.56. The summed E-state index contributed by atoms with van der Waals surface area (Å²) in [6, 6.07) is 5.45. The van der Waals surface area contributed by atoms with Crippen molar-refractivity contribution in [1.82, 2.24) is 5.32 Å². The lowest BCUT2D eigenvalue weighted by Crippen LogP contribution is -2.32. The third kappa shape index (κ3) is 3.76. The normalized spacial score (nSPS) is 16.8. The first-order valence-electron chi connectivity index (χ1n) is 6.00. The number of hydrogen-bond donors (Lipinski definition) is 1. The van der Waals surface area contributed by atoms with Crippen LogP contribution in [0.25, 0.3) is 6.08 Å². The van der Waals surface area contributed by atoms with Crippen LogP contribution in [-0.4, -0.2) is 11.9 Å². The Bertz CT molecular complexity index is 481. The zero-order chi connectivity index (χ0) is 13.1. The van der Waals surface area contributed by atoms with Gasteiger partial charge in [-0.05, 0) is 49.5 Å². The summed E-state index contributed by atoms with van der Waals surface area (Å²) < 4.78 is 0. The molecule has 0 aliphatic heterocycles. The lowest BCUT2D eigenvalue weighted by molar-refractivity contribution is -0.117. The molecule has 2 nitrogen and oxygen atoms in total. The van der Waals surface area contributed by atoms with Crippen LogP contribution >= 0.6 is 23.2 Å². The standard InChI is InChI=1S/C14H15Cl2NO/c1-9(10-2-3-10)17-14(18)7-5-11-4-6-12(15)8-13(11)16/h4-10H,2-3H2,1H3,(H,17,18)/b7-5+/t9-/m1/s1. The SMILES string of the molecule is C[C@@H](NC(=O)/C=C/c1ccc(Cl)cc1Cl)C1CC1. The third-order valence-corrected chi connectivity index (χ3v) is 3.64. The maximum absolute atomic E-state index is 11.7. The molecule has 0 spiro atoms. The largest absolute Gasteiger partial charge is 0.350 e. The van der Waals surface area contributed by atoms with Gasteiger partial charge in [0, 0.05) is 22.2 Å². The van der Waals surface area contributed by atoms with Crippen LogP contribution in [0, 0.1) is 5.92 Å². The van der Waals surface area contributed by atoms with Crippen molar-refractivity contribution >= 4 is 35.2 Å². The predicted molar refractivity (Wildman–Crippen MR) is 75.8 cm³/mol. The summed E-state index contributed by atoms with van der Waals surface area (Å²) in [5, 5.41) is 4.08. The Morgan fingerprint density at radius 3 is 2.78 bits per heavy atom. The second-order valence-electron chi connectivity index (χ2n) is 4.63. The summed E-state index contributed by atoms with van der Waals surface area (Å²) in [6.45, 7) is 2.04. The topological polar surface area (TPSA) is 29.1 Å². The van der Waals surface area contributed by atoms with Crippen LogP contribution in [0.15, 0.2) is 24.3 Å². The van der Waals surface area contributed by atoms with Crippen molar-refractivity contribution in [3.8, 4) is 0 Å². The number of halogens is 2. The molecule has 0 bridgehead atoms. The third-order valence-electron chi connectivity index (χ3n) is 3.08. The van der Waals surface area contributed by atoms with Crippen LogP contribution < -0.4 is 5.32 Å². The van der Waals surface area contributed by atoms with Gasteiger partial charge in [0.25, 0.3) is 0 Å². The average Bonchev–Trinajstić information content (AvgIpc) is 3.11. The van der Waals surface area contributed by atoms with Gasteiger partial charge < -0.3 is 5.32 Å². The minimum Gasteiger partial charge on any atom is -0.350 e. The molecular weight excluding hydrogens is 269 g/mol. The number of nitrogens with one attached hydrogen (secondary N) is 1. The van der Waals surface area contributed by atoms with Gasteiger partial charge in [-0.25, -0.2) is 0 Å². The molecule has 1 amide bonds. The maximum atomic E-state index is 11.7. The number of amides is 1. The molecule has 1 fully saturated rings.